The highest BCUT2D eigenvalue weighted by atomic mass is 16.2. The molecule has 2 aromatic rings. The molecule has 0 bridgehead atoms. The lowest BCUT2D eigenvalue weighted by Crippen LogP contribution is -2.33. The summed E-state index contributed by atoms with van der Waals surface area (Å²) in [6.07, 6.45) is 3.26. The Morgan fingerprint density at radius 3 is 2.35 bits per heavy atom. The number of amides is 2. The number of rotatable bonds is 3. The second-order valence-corrected chi connectivity index (χ2v) is 5.13. The number of pyridine rings is 1. The van der Waals surface area contributed by atoms with Crippen LogP contribution in [0.3, 0.4) is 0 Å². The summed E-state index contributed by atoms with van der Waals surface area (Å²) in [6, 6.07) is 8.97. The van der Waals surface area contributed by atoms with Gasteiger partial charge in [0.25, 0.3) is 0 Å². The number of benzene rings is 1. The van der Waals surface area contributed by atoms with E-state index >= 15 is 0 Å². The van der Waals surface area contributed by atoms with Crippen molar-refractivity contribution in [3.05, 3.63) is 59.4 Å². The van der Waals surface area contributed by atoms with Gasteiger partial charge in [0.1, 0.15) is 0 Å². The Hall–Kier alpha value is -3.02. The highest BCUT2D eigenvalue weighted by Gasteiger charge is 2.13. The molecule has 0 aliphatic rings. The zero-order valence-electron chi connectivity index (χ0n) is 13.3. The van der Waals surface area contributed by atoms with Crippen molar-refractivity contribution in [1.29, 1.82) is 0 Å². The molecule has 0 unspecified atom stereocenters. The Kier molecular flexibility index (Phi) is 5.19. The molecule has 6 nitrogen and oxygen atoms in total. The highest BCUT2D eigenvalue weighted by Crippen LogP contribution is 2.13. The van der Waals surface area contributed by atoms with Crippen LogP contribution in [0.25, 0.3) is 0 Å². The topological polar surface area (TPSA) is 83.5 Å². The number of anilines is 1. The molecule has 0 saturated heterocycles. The lowest BCUT2D eigenvalue weighted by molar-refractivity contribution is -0.136. The van der Waals surface area contributed by atoms with E-state index in [0.717, 1.165) is 16.7 Å². The van der Waals surface area contributed by atoms with Crippen LogP contribution in [0.5, 0.6) is 0 Å². The summed E-state index contributed by atoms with van der Waals surface area (Å²) < 4.78 is 0. The van der Waals surface area contributed by atoms with Gasteiger partial charge >= 0.3 is 11.8 Å². The molecule has 2 rings (SSSR count). The minimum absolute atomic E-state index is 0.572. The number of carbonyl (C=O) groups excluding carboxylic acids is 2. The van der Waals surface area contributed by atoms with Crippen LogP contribution in [0.1, 0.15) is 23.6 Å². The van der Waals surface area contributed by atoms with Crippen LogP contribution in [0.2, 0.25) is 0 Å². The Labute approximate surface area is 134 Å². The van der Waals surface area contributed by atoms with E-state index in [-0.39, 0.29) is 0 Å². The number of hydrogen-bond donors (Lipinski definition) is 2. The van der Waals surface area contributed by atoms with Crippen molar-refractivity contribution in [3.63, 3.8) is 0 Å². The van der Waals surface area contributed by atoms with Crippen molar-refractivity contribution in [2.75, 3.05) is 5.32 Å². The molecular formula is C17H18N4O2. The zero-order valence-corrected chi connectivity index (χ0v) is 13.3. The van der Waals surface area contributed by atoms with Crippen LogP contribution in [0.15, 0.2) is 47.8 Å². The summed E-state index contributed by atoms with van der Waals surface area (Å²) in [5.41, 5.74) is 6.37. The average Bonchev–Trinajstić information content (AvgIpc) is 2.56. The molecule has 0 atom stereocenters. The SMILES string of the molecule is CC(=NNC(=O)C(=O)Nc1ccc(C)c(C)c1)c1ccncc1. The molecule has 0 radical (unpaired) electrons. The lowest BCUT2D eigenvalue weighted by atomic mass is 10.1. The molecule has 1 heterocycles. The van der Waals surface area contributed by atoms with E-state index in [2.05, 4.69) is 20.8 Å². The minimum atomic E-state index is -0.823. The fourth-order valence-electron chi connectivity index (χ4n) is 1.85. The van der Waals surface area contributed by atoms with Crippen LogP contribution >= 0.6 is 0 Å². The fourth-order valence-corrected chi connectivity index (χ4v) is 1.85. The standard InChI is InChI=1S/C17H18N4O2/c1-11-4-5-15(10-12(11)2)19-16(22)17(23)21-20-13(3)14-6-8-18-9-7-14/h4-10H,1-3H3,(H,19,22)(H,21,23). The van der Waals surface area contributed by atoms with E-state index in [9.17, 15) is 9.59 Å². The largest absolute Gasteiger partial charge is 0.329 e. The first-order valence-electron chi connectivity index (χ1n) is 7.10. The molecule has 2 N–H and O–H groups in total. The number of hydrogen-bond acceptors (Lipinski definition) is 4. The molecule has 0 saturated carbocycles. The molecule has 0 spiro atoms. The fraction of sp³-hybridized carbons (Fsp3) is 0.176. The number of hydrazone groups is 1. The third-order valence-electron chi connectivity index (χ3n) is 3.39. The quantitative estimate of drug-likeness (QED) is 0.518. The van der Waals surface area contributed by atoms with Crippen LogP contribution in [-0.2, 0) is 9.59 Å². The summed E-state index contributed by atoms with van der Waals surface area (Å²) in [6.45, 7) is 5.65. The smallest absolute Gasteiger partial charge is 0.318 e. The first-order chi connectivity index (χ1) is 11.0. The van der Waals surface area contributed by atoms with E-state index in [4.69, 9.17) is 0 Å². The van der Waals surface area contributed by atoms with Gasteiger partial charge in [-0.1, -0.05) is 6.07 Å². The normalized spacial score (nSPS) is 11.0. The van der Waals surface area contributed by atoms with Gasteiger partial charge in [0.05, 0.1) is 5.71 Å². The van der Waals surface area contributed by atoms with Gasteiger partial charge < -0.3 is 5.32 Å². The average molecular weight is 310 g/mol. The van der Waals surface area contributed by atoms with Crippen molar-refractivity contribution in [2.45, 2.75) is 20.8 Å². The molecule has 23 heavy (non-hydrogen) atoms. The van der Waals surface area contributed by atoms with Gasteiger partial charge in [-0.15, -0.1) is 0 Å². The van der Waals surface area contributed by atoms with E-state index in [1.807, 2.05) is 26.0 Å². The molecule has 118 valence electrons. The number of nitrogens with zero attached hydrogens (tertiary/aromatic N) is 2. The van der Waals surface area contributed by atoms with Crippen molar-refractivity contribution in [2.24, 2.45) is 5.10 Å². The summed E-state index contributed by atoms with van der Waals surface area (Å²) in [7, 11) is 0. The van der Waals surface area contributed by atoms with Crippen LogP contribution in [0, 0.1) is 13.8 Å². The van der Waals surface area contributed by atoms with Gasteiger partial charge in [-0.3, -0.25) is 14.6 Å². The molecule has 2 amide bonds. The summed E-state index contributed by atoms with van der Waals surface area (Å²) >= 11 is 0. The number of aromatic nitrogens is 1. The summed E-state index contributed by atoms with van der Waals surface area (Å²) in [5.74, 6) is -1.59. The van der Waals surface area contributed by atoms with E-state index < -0.39 is 11.8 Å². The Morgan fingerprint density at radius 2 is 1.70 bits per heavy atom. The maximum Gasteiger partial charge on any atom is 0.329 e. The Balaban J connectivity index is 1.97. The minimum Gasteiger partial charge on any atom is -0.318 e. The number of carbonyl (C=O) groups is 2. The predicted molar refractivity (Wildman–Crippen MR) is 89.1 cm³/mol. The Bertz CT molecular complexity index is 754. The number of nitrogens with one attached hydrogen (secondary N) is 2. The molecule has 0 fully saturated rings. The molecule has 0 aliphatic carbocycles. The first-order valence-corrected chi connectivity index (χ1v) is 7.10. The van der Waals surface area contributed by atoms with Gasteiger partial charge in [0.2, 0.25) is 0 Å². The van der Waals surface area contributed by atoms with Crippen LogP contribution in [-0.4, -0.2) is 22.5 Å². The molecule has 0 aliphatic heterocycles. The van der Waals surface area contributed by atoms with E-state index in [1.54, 1.807) is 37.5 Å². The van der Waals surface area contributed by atoms with Gasteiger partial charge in [0.15, 0.2) is 0 Å². The predicted octanol–water partition coefficient (Wildman–Crippen LogP) is 2.18. The van der Waals surface area contributed by atoms with Crippen molar-refractivity contribution < 1.29 is 9.59 Å². The maximum atomic E-state index is 11.9. The highest BCUT2D eigenvalue weighted by molar-refractivity contribution is 6.39. The van der Waals surface area contributed by atoms with Gasteiger partial charge in [0, 0.05) is 23.6 Å². The van der Waals surface area contributed by atoms with Crippen molar-refractivity contribution >= 4 is 23.2 Å². The van der Waals surface area contributed by atoms with Gasteiger partial charge in [-0.25, -0.2) is 5.43 Å². The Morgan fingerprint density at radius 1 is 1.00 bits per heavy atom. The first kappa shape index (κ1) is 16.4. The second kappa shape index (κ2) is 7.31. The molecule has 6 heteroatoms. The van der Waals surface area contributed by atoms with Gasteiger partial charge in [-0.05, 0) is 56.2 Å². The van der Waals surface area contributed by atoms with Gasteiger partial charge in [-0.2, -0.15) is 5.10 Å². The van der Waals surface area contributed by atoms with E-state index in [0.29, 0.717) is 11.4 Å². The zero-order chi connectivity index (χ0) is 16.8. The summed E-state index contributed by atoms with van der Waals surface area (Å²) in [5, 5.41) is 6.46. The summed E-state index contributed by atoms with van der Waals surface area (Å²) in [4.78, 5) is 27.6. The van der Waals surface area contributed by atoms with Crippen LogP contribution < -0.4 is 10.7 Å². The maximum absolute atomic E-state index is 11.9. The molecular weight excluding hydrogens is 292 g/mol. The monoisotopic (exact) mass is 310 g/mol. The third kappa shape index (κ3) is 4.47. The van der Waals surface area contributed by atoms with E-state index in [1.165, 1.54) is 0 Å². The van der Waals surface area contributed by atoms with Crippen molar-refractivity contribution in [3.8, 4) is 0 Å². The van der Waals surface area contributed by atoms with Crippen LogP contribution in [0.4, 0.5) is 5.69 Å². The molecule has 1 aromatic heterocycles. The molecule has 1 aromatic carbocycles. The number of aryl methyl sites for hydroxylation is 2. The lowest BCUT2D eigenvalue weighted by Gasteiger charge is -2.07. The third-order valence-corrected chi connectivity index (χ3v) is 3.39. The van der Waals surface area contributed by atoms with Crippen molar-refractivity contribution in [1.82, 2.24) is 10.4 Å². The second-order valence-electron chi connectivity index (χ2n) is 5.13.